The van der Waals surface area contributed by atoms with Crippen molar-refractivity contribution >= 4 is 0 Å². The first-order valence-corrected chi connectivity index (χ1v) is 8.79. The van der Waals surface area contributed by atoms with Crippen LogP contribution in [0.15, 0.2) is 0 Å². The Bertz CT molecular complexity index is 373. The van der Waals surface area contributed by atoms with E-state index in [1.165, 1.54) is 51.4 Å². The molecule has 1 heteroatoms. The summed E-state index contributed by atoms with van der Waals surface area (Å²) in [6, 6.07) is 0.434. The maximum atomic E-state index is 6.80. The van der Waals surface area contributed by atoms with Gasteiger partial charge in [-0.2, -0.15) is 0 Å². The van der Waals surface area contributed by atoms with Gasteiger partial charge in [-0.3, -0.25) is 0 Å². The molecule has 4 rings (SSSR count). The molecule has 116 valence electrons. The van der Waals surface area contributed by atoms with Gasteiger partial charge in [0.25, 0.3) is 0 Å². The van der Waals surface area contributed by atoms with Crippen molar-refractivity contribution in [3.05, 3.63) is 0 Å². The fourth-order valence-corrected chi connectivity index (χ4v) is 6.84. The molecule has 0 aromatic carbocycles. The lowest BCUT2D eigenvalue weighted by molar-refractivity contribution is -0.154. The molecule has 0 aromatic heterocycles. The number of hydrogen-bond donors (Lipinski definition) is 1. The second kappa shape index (κ2) is 4.24. The van der Waals surface area contributed by atoms with Crippen LogP contribution in [0.3, 0.4) is 0 Å². The van der Waals surface area contributed by atoms with Gasteiger partial charge in [-0.15, -0.1) is 0 Å². The van der Waals surface area contributed by atoms with Gasteiger partial charge >= 0.3 is 0 Å². The fourth-order valence-electron chi connectivity index (χ4n) is 6.84. The zero-order valence-corrected chi connectivity index (χ0v) is 14.4. The fraction of sp³-hybridized carbons (Fsp3) is 1.00. The monoisotopic (exact) mass is 277 g/mol. The summed E-state index contributed by atoms with van der Waals surface area (Å²) in [4.78, 5) is 0. The first-order valence-electron chi connectivity index (χ1n) is 8.79. The van der Waals surface area contributed by atoms with Crippen molar-refractivity contribution in [1.82, 2.24) is 0 Å². The molecule has 3 atom stereocenters. The van der Waals surface area contributed by atoms with Gasteiger partial charge in [0, 0.05) is 6.04 Å². The average Bonchev–Trinajstić information content (AvgIpc) is 2.19. The van der Waals surface area contributed by atoms with Crippen LogP contribution in [0.1, 0.15) is 86.0 Å². The second-order valence-corrected chi connectivity index (χ2v) is 10.7. The largest absolute Gasteiger partial charge is 0.327 e. The van der Waals surface area contributed by atoms with Crippen LogP contribution in [0.5, 0.6) is 0 Å². The number of nitrogens with two attached hydrogens (primary N) is 1. The summed E-state index contributed by atoms with van der Waals surface area (Å²) in [5, 5.41) is 0. The molecular weight excluding hydrogens is 242 g/mol. The third-order valence-corrected chi connectivity index (χ3v) is 6.66. The highest BCUT2D eigenvalue weighted by Crippen LogP contribution is 2.70. The Morgan fingerprint density at radius 1 is 1.00 bits per heavy atom. The zero-order valence-electron chi connectivity index (χ0n) is 14.4. The summed E-state index contributed by atoms with van der Waals surface area (Å²) in [5.74, 6) is 0.974. The predicted molar refractivity (Wildman–Crippen MR) is 86.5 cm³/mol. The minimum Gasteiger partial charge on any atom is -0.327 e. The number of hydrogen-bond acceptors (Lipinski definition) is 1. The van der Waals surface area contributed by atoms with Gasteiger partial charge in [0.15, 0.2) is 0 Å². The maximum absolute atomic E-state index is 6.80. The van der Waals surface area contributed by atoms with Crippen molar-refractivity contribution < 1.29 is 0 Å². The summed E-state index contributed by atoms with van der Waals surface area (Å²) in [7, 11) is 0. The molecule has 4 bridgehead atoms. The Balaban J connectivity index is 1.78. The summed E-state index contributed by atoms with van der Waals surface area (Å²) in [6.07, 6.45) is 11.2. The molecule has 0 aromatic rings. The third-order valence-electron chi connectivity index (χ3n) is 6.66. The first kappa shape index (κ1) is 14.9. The van der Waals surface area contributed by atoms with Gasteiger partial charge in [0.2, 0.25) is 0 Å². The van der Waals surface area contributed by atoms with Gasteiger partial charge in [0.05, 0.1) is 0 Å². The Hall–Kier alpha value is -0.0400. The highest BCUT2D eigenvalue weighted by Gasteiger charge is 2.61. The van der Waals surface area contributed by atoms with Crippen molar-refractivity contribution in [2.75, 3.05) is 0 Å². The standard InChI is InChI=1S/C19H35N/c1-16(2,3)7-6-15(20)19-10-14-8-17(4,12-19)11-18(5,9-14)13-19/h14-15H,6-13,20H2,1-5H3. The Kier molecular flexibility index (Phi) is 3.16. The summed E-state index contributed by atoms with van der Waals surface area (Å²) in [5.41, 5.74) is 8.91. The molecule has 20 heavy (non-hydrogen) atoms. The predicted octanol–water partition coefficient (Wildman–Crippen LogP) is 5.14. The highest BCUT2D eigenvalue weighted by molar-refractivity contribution is 5.13. The van der Waals surface area contributed by atoms with Crippen LogP contribution < -0.4 is 5.73 Å². The van der Waals surface area contributed by atoms with Crippen molar-refractivity contribution in [3.8, 4) is 0 Å². The average molecular weight is 277 g/mol. The van der Waals surface area contributed by atoms with Gasteiger partial charge in [0.1, 0.15) is 0 Å². The van der Waals surface area contributed by atoms with Crippen molar-refractivity contribution in [3.63, 3.8) is 0 Å². The van der Waals surface area contributed by atoms with Crippen LogP contribution >= 0.6 is 0 Å². The minimum absolute atomic E-state index is 0.424. The van der Waals surface area contributed by atoms with Crippen LogP contribution in [0.2, 0.25) is 0 Å². The van der Waals surface area contributed by atoms with Gasteiger partial charge in [-0.25, -0.2) is 0 Å². The Morgan fingerprint density at radius 2 is 1.55 bits per heavy atom. The van der Waals surface area contributed by atoms with Crippen LogP contribution in [0.25, 0.3) is 0 Å². The van der Waals surface area contributed by atoms with E-state index in [2.05, 4.69) is 34.6 Å². The summed E-state index contributed by atoms with van der Waals surface area (Å²) < 4.78 is 0. The lowest BCUT2D eigenvalue weighted by Gasteiger charge is -2.67. The Morgan fingerprint density at radius 3 is 2.00 bits per heavy atom. The lowest BCUT2D eigenvalue weighted by atomic mass is 9.39. The van der Waals surface area contributed by atoms with Crippen LogP contribution in [-0.2, 0) is 0 Å². The van der Waals surface area contributed by atoms with Gasteiger partial charge in [-0.1, -0.05) is 34.6 Å². The molecule has 3 unspecified atom stereocenters. The van der Waals surface area contributed by atoms with E-state index in [4.69, 9.17) is 5.73 Å². The maximum Gasteiger partial charge on any atom is 0.00962 e. The van der Waals surface area contributed by atoms with E-state index in [1.54, 1.807) is 0 Å². The van der Waals surface area contributed by atoms with E-state index < -0.39 is 0 Å². The van der Waals surface area contributed by atoms with Crippen molar-refractivity contribution in [2.45, 2.75) is 92.0 Å². The summed E-state index contributed by atoms with van der Waals surface area (Å²) >= 11 is 0. The molecule has 2 N–H and O–H groups in total. The molecule has 4 saturated carbocycles. The third kappa shape index (κ3) is 2.56. The van der Waals surface area contributed by atoms with E-state index >= 15 is 0 Å². The molecular formula is C19H35N. The van der Waals surface area contributed by atoms with Gasteiger partial charge in [-0.05, 0) is 78.9 Å². The van der Waals surface area contributed by atoms with Crippen molar-refractivity contribution in [1.29, 1.82) is 0 Å². The van der Waals surface area contributed by atoms with E-state index in [-0.39, 0.29) is 0 Å². The molecule has 0 saturated heterocycles. The summed E-state index contributed by atoms with van der Waals surface area (Å²) in [6.45, 7) is 12.2. The highest BCUT2D eigenvalue weighted by atomic mass is 14.8. The molecule has 0 spiro atoms. The molecule has 4 aliphatic rings. The van der Waals surface area contributed by atoms with E-state index in [0.717, 1.165) is 5.92 Å². The minimum atomic E-state index is 0.424. The second-order valence-electron chi connectivity index (χ2n) is 10.7. The molecule has 0 amide bonds. The number of rotatable bonds is 3. The lowest BCUT2D eigenvalue weighted by Crippen LogP contribution is -2.60. The van der Waals surface area contributed by atoms with E-state index in [0.29, 0.717) is 27.7 Å². The van der Waals surface area contributed by atoms with Crippen LogP contribution in [0.4, 0.5) is 0 Å². The van der Waals surface area contributed by atoms with Crippen LogP contribution in [0, 0.1) is 27.6 Å². The molecule has 0 aliphatic heterocycles. The zero-order chi connectivity index (χ0) is 14.8. The van der Waals surface area contributed by atoms with Crippen LogP contribution in [-0.4, -0.2) is 6.04 Å². The molecule has 0 radical (unpaired) electrons. The SMILES string of the molecule is CC(C)(C)CCC(N)C12CC3CC(C)(CC(C)(C3)C1)C2. The molecule has 1 nitrogen and oxygen atoms in total. The molecule has 4 fully saturated rings. The normalized spacial score (nSPS) is 48.6. The molecule has 4 aliphatic carbocycles. The first-order chi connectivity index (χ1) is 9.03. The quantitative estimate of drug-likeness (QED) is 0.759. The molecule has 0 heterocycles. The van der Waals surface area contributed by atoms with E-state index in [1.807, 2.05) is 0 Å². The van der Waals surface area contributed by atoms with E-state index in [9.17, 15) is 0 Å². The van der Waals surface area contributed by atoms with Crippen molar-refractivity contribution in [2.24, 2.45) is 33.3 Å². The Labute approximate surface area is 126 Å². The van der Waals surface area contributed by atoms with Gasteiger partial charge < -0.3 is 5.73 Å². The topological polar surface area (TPSA) is 26.0 Å². The smallest absolute Gasteiger partial charge is 0.00962 e.